The van der Waals surface area contributed by atoms with Gasteiger partial charge in [-0.15, -0.1) is 17.0 Å². The summed E-state index contributed by atoms with van der Waals surface area (Å²) in [6.07, 6.45) is 0.836. The predicted molar refractivity (Wildman–Crippen MR) is 60.5 cm³/mol. The first kappa shape index (κ1) is 11.6. The van der Waals surface area contributed by atoms with Crippen LogP contribution in [0.2, 0.25) is 5.02 Å². The molecule has 78 valence electrons. The highest BCUT2D eigenvalue weighted by atomic mass is 79.9. The Bertz CT molecular complexity index is 357. The summed E-state index contributed by atoms with van der Waals surface area (Å²) in [5, 5.41) is 22.1. The number of phenolic OH excluding ortho intramolecular Hbond substituents is 2. The van der Waals surface area contributed by atoms with Crippen LogP contribution in [0.5, 0.6) is 11.5 Å². The molecule has 0 unspecified atom stereocenters. The first-order valence-electron chi connectivity index (χ1n) is 4.13. The summed E-state index contributed by atoms with van der Waals surface area (Å²) in [5.41, 5.74) is 1.90. The zero-order valence-electron chi connectivity index (χ0n) is 7.38. The van der Waals surface area contributed by atoms with Gasteiger partial charge >= 0.3 is 0 Å². The molecule has 3 nitrogen and oxygen atoms in total. The number of nitrogens with one attached hydrogen (secondary N) is 1. The van der Waals surface area contributed by atoms with E-state index in [2.05, 4.69) is 5.32 Å². The standard InChI is InChI=1S/C9H10ClNO2.BrH/c10-8-6-4-11-2-1-5(6)3-7(12)9(8)13;/h3,11-13H,1-2,4H2;1H. The van der Waals surface area contributed by atoms with Crippen LogP contribution in [-0.4, -0.2) is 16.8 Å². The molecule has 3 N–H and O–H groups in total. The molecular formula is C9H11BrClNO2. The van der Waals surface area contributed by atoms with Crippen LogP contribution in [0.1, 0.15) is 11.1 Å². The third kappa shape index (κ3) is 1.82. The lowest BCUT2D eigenvalue weighted by Crippen LogP contribution is -2.23. The van der Waals surface area contributed by atoms with Crippen molar-refractivity contribution < 1.29 is 10.2 Å². The van der Waals surface area contributed by atoms with E-state index in [4.69, 9.17) is 11.6 Å². The minimum Gasteiger partial charge on any atom is -0.504 e. The van der Waals surface area contributed by atoms with Gasteiger partial charge in [-0.1, -0.05) is 11.6 Å². The first-order valence-corrected chi connectivity index (χ1v) is 4.51. The van der Waals surface area contributed by atoms with E-state index >= 15 is 0 Å². The SMILES string of the molecule is Br.Oc1cc2c(c(Cl)c1O)CNCC2. The molecule has 1 aromatic rings. The van der Waals surface area contributed by atoms with Crippen LogP contribution in [0.3, 0.4) is 0 Å². The summed E-state index contributed by atoms with van der Waals surface area (Å²) < 4.78 is 0. The van der Waals surface area contributed by atoms with Gasteiger partial charge in [-0.2, -0.15) is 0 Å². The molecular weight excluding hydrogens is 269 g/mol. The maximum atomic E-state index is 9.35. The molecule has 0 saturated heterocycles. The lowest BCUT2D eigenvalue weighted by molar-refractivity contribution is 0.401. The van der Waals surface area contributed by atoms with Crippen LogP contribution < -0.4 is 5.32 Å². The van der Waals surface area contributed by atoms with Gasteiger partial charge in [0.15, 0.2) is 11.5 Å². The van der Waals surface area contributed by atoms with Crippen molar-refractivity contribution in [3.05, 3.63) is 22.2 Å². The largest absolute Gasteiger partial charge is 0.504 e. The average molecular weight is 281 g/mol. The number of hydrogen-bond acceptors (Lipinski definition) is 3. The van der Waals surface area contributed by atoms with Crippen molar-refractivity contribution in [2.24, 2.45) is 0 Å². The Hall–Kier alpha value is -0.450. The smallest absolute Gasteiger partial charge is 0.176 e. The van der Waals surface area contributed by atoms with Gasteiger partial charge in [0.1, 0.15) is 0 Å². The first-order chi connectivity index (χ1) is 6.20. The van der Waals surface area contributed by atoms with Crippen LogP contribution in [0, 0.1) is 0 Å². The van der Waals surface area contributed by atoms with Crippen molar-refractivity contribution >= 4 is 28.6 Å². The summed E-state index contributed by atoms with van der Waals surface area (Å²) in [7, 11) is 0. The van der Waals surface area contributed by atoms with Crippen molar-refractivity contribution in [1.82, 2.24) is 5.32 Å². The van der Waals surface area contributed by atoms with E-state index in [-0.39, 0.29) is 33.5 Å². The van der Waals surface area contributed by atoms with Gasteiger partial charge in [0.05, 0.1) is 5.02 Å². The number of benzene rings is 1. The Morgan fingerprint density at radius 1 is 1.36 bits per heavy atom. The van der Waals surface area contributed by atoms with Crippen molar-refractivity contribution in [1.29, 1.82) is 0 Å². The van der Waals surface area contributed by atoms with Crippen molar-refractivity contribution in [2.45, 2.75) is 13.0 Å². The fourth-order valence-corrected chi connectivity index (χ4v) is 1.85. The molecule has 0 atom stereocenters. The Balaban J connectivity index is 0.000000980. The van der Waals surface area contributed by atoms with Gasteiger partial charge in [0, 0.05) is 6.54 Å². The highest BCUT2D eigenvalue weighted by Gasteiger charge is 2.17. The van der Waals surface area contributed by atoms with E-state index in [1.807, 2.05) is 0 Å². The third-order valence-corrected chi connectivity index (χ3v) is 2.69. The van der Waals surface area contributed by atoms with Gasteiger partial charge in [0.2, 0.25) is 0 Å². The van der Waals surface area contributed by atoms with E-state index in [1.54, 1.807) is 6.07 Å². The maximum Gasteiger partial charge on any atom is 0.176 e. The number of fused-ring (bicyclic) bond motifs is 1. The summed E-state index contributed by atoms with van der Waals surface area (Å²) >= 11 is 5.87. The number of rotatable bonds is 0. The Labute approximate surface area is 97.5 Å². The molecule has 2 rings (SSSR count). The second-order valence-electron chi connectivity index (χ2n) is 3.12. The summed E-state index contributed by atoms with van der Waals surface area (Å²) in [5.74, 6) is -0.352. The van der Waals surface area contributed by atoms with Crippen LogP contribution in [0.15, 0.2) is 6.07 Å². The van der Waals surface area contributed by atoms with Crippen LogP contribution in [0.25, 0.3) is 0 Å². The summed E-state index contributed by atoms with van der Waals surface area (Å²) in [4.78, 5) is 0. The van der Waals surface area contributed by atoms with Crippen LogP contribution >= 0.6 is 28.6 Å². The molecule has 0 bridgehead atoms. The fourth-order valence-electron chi connectivity index (χ4n) is 1.57. The highest BCUT2D eigenvalue weighted by molar-refractivity contribution is 8.93. The second kappa shape index (κ2) is 4.38. The van der Waals surface area contributed by atoms with Gasteiger partial charge in [0.25, 0.3) is 0 Å². The van der Waals surface area contributed by atoms with E-state index in [0.717, 1.165) is 24.1 Å². The zero-order valence-corrected chi connectivity index (χ0v) is 9.85. The van der Waals surface area contributed by atoms with Crippen molar-refractivity contribution in [3.8, 4) is 11.5 Å². The van der Waals surface area contributed by atoms with Gasteiger partial charge < -0.3 is 15.5 Å². The molecule has 1 heterocycles. The van der Waals surface area contributed by atoms with Crippen LogP contribution in [-0.2, 0) is 13.0 Å². The number of phenols is 2. The molecule has 14 heavy (non-hydrogen) atoms. The molecule has 0 radical (unpaired) electrons. The number of halogens is 2. The van der Waals surface area contributed by atoms with Gasteiger partial charge in [-0.25, -0.2) is 0 Å². The molecule has 0 saturated carbocycles. The van der Waals surface area contributed by atoms with E-state index in [0.29, 0.717) is 6.54 Å². The zero-order chi connectivity index (χ0) is 9.42. The van der Waals surface area contributed by atoms with Crippen molar-refractivity contribution in [3.63, 3.8) is 0 Å². The molecule has 5 heteroatoms. The van der Waals surface area contributed by atoms with Crippen molar-refractivity contribution in [2.75, 3.05) is 6.54 Å². The van der Waals surface area contributed by atoms with E-state index in [9.17, 15) is 10.2 Å². The normalized spacial score (nSPS) is 14.4. The monoisotopic (exact) mass is 279 g/mol. The van der Waals surface area contributed by atoms with Crippen LogP contribution in [0.4, 0.5) is 0 Å². The minimum atomic E-state index is -0.218. The maximum absolute atomic E-state index is 9.35. The quantitative estimate of drug-likeness (QED) is 0.637. The van der Waals surface area contributed by atoms with E-state index in [1.165, 1.54) is 0 Å². The number of hydrogen-bond donors (Lipinski definition) is 3. The number of aromatic hydroxyl groups is 2. The molecule has 1 aromatic carbocycles. The Morgan fingerprint density at radius 2 is 2.07 bits per heavy atom. The van der Waals surface area contributed by atoms with E-state index < -0.39 is 0 Å². The Kier molecular flexibility index (Phi) is 3.64. The fraction of sp³-hybridized carbons (Fsp3) is 0.333. The third-order valence-electron chi connectivity index (χ3n) is 2.29. The lowest BCUT2D eigenvalue weighted by Gasteiger charge is -2.19. The Morgan fingerprint density at radius 3 is 2.79 bits per heavy atom. The summed E-state index contributed by atoms with van der Waals surface area (Å²) in [6.45, 7) is 1.54. The molecule has 0 fully saturated rings. The summed E-state index contributed by atoms with van der Waals surface area (Å²) in [6, 6.07) is 1.58. The minimum absolute atomic E-state index is 0. The van der Waals surface area contributed by atoms with Gasteiger partial charge in [-0.3, -0.25) is 0 Å². The molecule has 0 aliphatic carbocycles. The lowest BCUT2D eigenvalue weighted by atomic mass is 10.0. The average Bonchev–Trinajstić information content (AvgIpc) is 2.15. The molecule has 0 spiro atoms. The highest BCUT2D eigenvalue weighted by Crippen LogP contribution is 2.38. The molecule has 0 amide bonds. The second-order valence-corrected chi connectivity index (χ2v) is 3.50. The molecule has 1 aliphatic heterocycles. The van der Waals surface area contributed by atoms with Gasteiger partial charge in [-0.05, 0) is 30.2 Å². The molecule has 1 aliphatic rings. The predicted octanol–water partition coefficient (Wildman–Crippen LogP) is 1.97. The molecule has 0 aromatic heterocycles. The topological polar surface area (TPSA) is 52.5 Å².